The first kappa shape index (κ1) is 16.6. The van der Waals surface area contributed by atoms with Gasteiger partial charge in [-0.05, 0) is 51.9 Å². The Labute approximate surface area is 142 Å². The van der Waals surface area contributed by atoms with Crippen LogP contribution in [0.1, 0.15) is 48.1 Å². The number of hydrogen-bond acceptors (Lipinski definition) is 4. The number of benzene rings is 1. The number of carboxylic acids is 1. The molecule has 0 radical (unpaired) electrons. The van der Waals surface area contributed by atoms with Gasteiger partial charge in [-0.3, -0.25) is 0 Å². The molecule has 1 atom stereocenters. The molecular formula is C19H23N3O2. The fourth-order valence-electron chi connectivity index (χ4n) is 3.23. The maximum Gasteiger partial charge on any atom is 0.335 e. The lowest BCUT2D eigenvalue weighted by atomic mass is 10.0. The lowest BCUT2D eigenvalue weighted by Crippen LogP contribution is -2.28. The first-order valence-electron chi connectivity index (χ1n) is 8.37. The number of aromatic nitrogens is 2. The average Bonchev–Trinajstić information content (AvgIpc) is 3.05. The molecule has 2 aromatic rings. The summed E-state index contributed by atoms with van der Waals surface area (Å²) in [7, 11) is 0. The van der Waals surface area contributed by atoms with Gasteiger partial charge in [0.25, 0.3) is 0 Å². The molecule has 1 aromatic carbocycles. The van der Waals surface area contributed by atoms with E-state index in [1.165, 1.54) is 0 Å². The van der Waals surface area contributed by atoms with E-state index in [1.54, 1.807) is 12.1 Å². The van der Waals surface area contributed by atoms with E-state index in [9.17, 15) is 4.79 Å². The van der Waals surface area contributed by atoms with E-state index in [0.29, 0.717) is 12.0 Å². The molecule has 1 fully saturated rings. The van der Waals surface area contributed by atoms with Gasteiger partial charge in [0.05, 0.1) is 11.3 Å². The van der Waals surface area contributed by atoms with Crippen LogP contribution in [0.25, 0.3) is 11.3 Å². The molecule has 126 valence electrons. The quantitative estimate of drug-likeness (QED) is 0.934. The van der Waals surface area contributed by atoms with Crippen LogP contribution in [0.3, 0.4) is 0 Å². The van der Waals surface area contributed by atoms with Gasteiger partial charge in [0.1, 0.15) is 5.82 Å². The number of carbonyl (C=O) groups is 1. The summed E-state index contributed by atoms with van der Waals surface area (Å²) in [6.07, 6.45) is 1.12. The van der Waals surface area contributed by atoms with Crippen molar-refractivity contribution in [1.29, 1.82) is 0 Å². The first-order chi connectivity index (χ1) is 11.4. The van der Waals surface area contributed by atoms with Gasteiger partial charge < -0.3 is 10.0 Å². The van der Waals surface area contributed by atoms with E-state index in [4.69, 9.17) is 5.11 Å². The molecule has 0 spiro atoms. The summed E-state index contributed by atoms with van der Waals surface area (Å²) < 4.78 is 0. The topological polar surface area (TPSA) is 66.3 Å². The van der Waals surface area contributed by atoms with Crippen molar-refractivity contribution >= 4 is 5.97 Å². The van der Waals surface area contributed by atoms with Crippen molar-refractivity contribution in [2.24, 2.45) is 0 Å². The molecule has 1 saturated heterocycles. The van der Waals surface area contributed by atoms with Crippen LogP contribution in [-0.4, -0.2) is 45.1 Å². The van der Waals surface area contributed by atoms with Crippen LogP contribution in [0.15, 0.2) is 30.3 Å². The fraction of sp³-hybridized carbons (Fsp3) is 0.421. The Morgan fingerprint density at radius 1 is 1.25 bits per heavy atom. The largest absolute Gasteiger partial charge is 0.478 e. The van der Waals surface area contributed by atoms with Crippen molar-refractivity contribution in [2.75, 3.05) is 13.1 Å². The zero-order chi connectivity index (χ0) is 17.3. The summed E-state index contributed by atoms with van der Waals surface area (Å²) in [5, 5.41) is 9.02. The molecule has 5 nitrogen and oxygen atoms in total. The van der Waals surface area contributed by atoms with Crippen LogP contribution < -0.4 is 0 Å². The van der Waals surface area contributed by atoms with E-state index in [1.807, 2.05) is 19.1 Å². The normalized spacial score (nSPS) is 18.2. The molecular weight excluding hydrogens is 302 g/mol. The van der Waals surface area contributed by atoms with Gasteiger partial charge in [0.2, 0.25) is 0 Å². The van der Waals surface area contributed by atoms with Crippen molar-refractivity contribution in [3.8, 4) is 11.3 Å². The Balaban J connectivity index is 1.88. The predicted molar refractivity (Wildman–Crippen MR) is 93.2 cm³/mol. The molecule has 1 aliphatic heterocycles. The SMILES string of the molecule is Cc1nc(-c2ccc(C(=O)O)cc2)cc([C@@H]2CCN(C(C)C)C2)n1. The summed E-state index contributed by atoms with van der Waals surface area (Å²) in [5.41, 5.74) is 3.15. The molecule has 1 aromatic heterocycles. The number of likely N-dealkylation sites (tertiary alicyclic amines) is 1. The minimum absolute atomic E-state index is 0.285. The molecule has 0 amide bonds. The van der Waals surface area contributed by atoms with E-state index < -0.39 is 5.97 Å². The third kappa shape index (κ3) is 3.46. The highest BCUT2D eigenvalue weighted by Crippen LogP contribution is 2.29. The van der Waals surface area contributed by atoms with Crippen LogP contribution in [0.2, 0.25) is 0 Å². The Morgan fingerprint density at radius 3 is 2.54 bits per heavy atom. The van der Waals surface area contributed by atoms with E-state index in [0.717, 1.165) is 42.3 Å². The number of aromatic carboxylic acids is 1. The highest BCUT2D eigenvalue weighted by molar-refractivity contribution is 5.88. The third-order valence-corrected chi connectivity index (χ3v) is 4.65. The second-order valence-electron chi connectivity index (χ2n) is 6.68. The second kappa shape index (κ2) is 6.69. The van der Waals surface area contributed by atoms with Gasteiger partial charge in [0, 0.05) is 29.8 Å². The summed E-state index contributed by atoms with van der Waals surface area (Å²) in [6.45, 7) is 8.50. The molecule has 1 N–H and O–H groups in total. The lowest BCUT2D eigenvalue weighted by Gasteiger charge is -2.20. The molecule has 24 heavy (non-hydrogen) atoms. The number of rotatable bonds is 4. The van der Waals surface area contributed by atoms with Crippen LogP contribution in [0.4, 0.5) is 0 Å². The summed E-state index contributed by atoms with van der Waals surface area (Å²) in [4.78, 5) is 22.6. The van der Waals surface area contributed by atoms with Gasteiger partial charge >= 0.3 is 5.97 Å². The molecule has 0 saturated carbocycles. The average molecular weight is 325 g/mol. The van der Waals surface area contributed by atoms with Crippen LogP contribution in [-0.2, 0) is 0 Å². The minimum atomic E-state index is -0.916. The minimum Gasteiger partial charge on any atom is -0.478 e. The molecule has 2 heterocycles. The molecule has 1 aliphatic rings. The molecule has 0 aliphatic carbocycles. The van der Waals surface area contributed by atoms with Gasteiger partial charge in [-0.1, -0.05) is 12.1 Å². The summed E-state index contributed by atoms with van der Waals surface area (Å²) in [5.74, 6) is 0.278. The van der Waals surface area contributed by atoms with E-state index in [-0.39, 0.29) is 5.56 Å². The van der Waals surface area contributed by atoms with Gasteiger partial charge in [0.15, 0.2) is 0 Å². The summed E-state index contributed by atoms with van der Waals surface area (Å²) in [6, 6.07) is 9.46. The maximum absolute atomic E-state index is 11.0. The maximum atomic E-state index is 11.0. The van der Waals surface area contributed by atoms with Crippen molar-refractivity contribution in [3.05, 3.63) is 47.4 Å². The van der Waals surface area contributed by atoms with Crippen LogP contribution in [0.5, 0.6) is 0 Å². The van der Waals surface area contributed by atoms with Crippen molar-refractivity contribution < 1.29 is 9.90 Å². The van der Waals surface area contributed by atoms with Gasteiger partial charge in [-0.2, -0.15) is 0 Å². The Bertz CT molecular complexity index is 741. The lowest BCUT2D eigenvalue weighted by molar-refractivity contribution is 0.0697. The van der Waals surface area contributed by atoms with E-state index >= 15 is 0 Å². The number of hydrogen-bond donors (Lipinski definition) is 1. The van der Waals surface area contributed by atoms with E-state index in [2.05, 4.69) is 34.8 Å². The van der Waals surface area contributed by atoms with Gasteiger partial charge in [-0.25, -0.2) is 14.8 Å². The van der Waals surface area contributed by atoms with Gasteiger partial charge in [-0.15, -0.1) is 0 Å². The number of aryl methyl sites for hydroxylation is 1. The van der Waals surface area contributed by atoms with Crippen LogP contribution >= 0.6 is 0 Å². The number of carboxylic acid groups (broad SMARTS) is 1. The zero-order valence-electron chi connectivity index (χ0n) is 14.4. The third-order valence-electron chi connectivity index (χ3n) is 4.65. The zero-order valence-corrected chi connectivity index (χ0v) is 14.4. The molecule has 0 unspecified atom stereocenters. The predicted octanol–water partition coefficient (Wildman–Crippen LogP) is 3.35. The van der Waals surface area contributed by atoms with Crippen LogP contribution in [0, 0.1) is 6.92 Å². The standard InChI is InChI=1S/C19H23N3O2/c1-12(2)22-9-8-16(11-22)18-10-17(20-13(3)21-18)14-4-6-15(7-5-14)19(23)24/h4-7,10,12,16H,8-9,11H2,1-3H3,(H,23,24)/t16-/m1/s1. The monoisotopic (exact) mass is 325 g/mol. The number of nitrogens with zero attached hydrogens (tertiary/aromatic N) is 3. The molecule has 5 heteroatoms. The highest BCUT2D eigenvalue weighted by atomic mass is 16.4. The first-order valence-corrected chi connectivity index (χ1v) is 8.37. The fourth-order valence-corrected chi connectivity index (χ4v) is 3.23. The Morgan fingerprint density at radius 2 is 1.96 bits per heavy atom. The Kier molecular flexibility index (Phi) is 4.62. The highest BCUT2D eigenvalue weighted by Gasteiger charge is 2.27. The molecule has 0 bridgehead atoms. The van der Waals surface area contributed by atoms with Crippen molar-refractivity contribution in [1.82, 2.24) is 14.9 Å². The molecule has 3 rings (SSSR count). The van der Waals surface area contributed by atoms with Crippen molar-refractivity contribution in [2.45, 2.75) is 39.2 Å². The second-order valence-corrected chi connectivity index (χ2v) is 6.68. The summed E-state index contributed by atoms with van der Waals surface area (Å²) >= 11 is 0. The Hall–Kier alpha value is -2.27. The van der Waals surface area contributed by atoms with Crippen molar-refractivity contribution in [3.63, 3.8) is 0 Å². The smallest absolute Gasteiger partial charge is 0.335 e.